The fraction of sp³-hybridized carbons (Fsp3) is 0.467. The van der Waals surface area contributed by atoms with Crippen molar-refractivity contribution in [1.29, 1.82) is 0 Å². The first-order valence-electron chi connectivity index (χ1n) is 6.27. The van der Waals surface area contributed by atoms with E-state index in [1.807, 2.05) is 18.2 Å². The highest BCUT2D eigenvalue weighted by molar-refractivity contribution is 5.33. The summed E-state index contributed by atoms with van der Waals surface area (Å²) < 4.78 is 0. The van der Waals surface area contributed by atoms with Crippen LogP contribution in [-0.4, -0.2) is 29.6 Å². The van der Waals surface area contributed by atoms with E-state index in [-0.39, 0.29) is 5.41 Å². The van der Waals surface area contributed by atoms with E-state index in [0.717, 1.165) is 19.6 Å². The van der Waals surface area contributed by atoms with E-state index in [9.17, 15) is 5.11 Å². The Morgan fingerprint density at radius 3 is 3.06 bits per heavy atom. The van der Waals surface area contributed by atoms with Gasteiger partial charge in [0, 0.05) is 18.5 Å². The van der Waals surface area contributed by atoms with Gasteiger partial charge in [0.1, 0.15) is 5.75 Å². The van der Waals surface area contributed by atoms with Crippen molar-refractivity contribution in [2.45, 2.75) is 25.2 Å². The number of phenols is 1. The molecule has 1 saturated heterocycles. The van der Waals surface area contributed by atoms with E-state index in [2.05, 4.69) is 24.5 Å². The molecule has 1 aromatic rings. The van der Waals surface area contributed by atoms with E-state index in [4.69, 9.17) is 0 Å². The predicted octanol–water partition coefficient (Wildman–Crippen LogP) is 2.93. The second-order valence-corrected chi connectivity index (χ2v) is 5.24. The maximum atomic E-state index is 9.60. The van der Waals surface area contributed by atoms with Gasteiger partial charge in [-0.3, -0.25) is 4.90 Å². The Morgan fingerprint density at radius 2 is 2.35 bits per heavy atom. The molecule has 2 nitrogen and oxygen atoms in total. The second kappa shape index (κ2) is 4.92. The van der Waals surface area contributed by atoms with E-state index in [1.165, 1.54) is 18.4 Å². The fourth-order valence-electron chi connectivity index (χ4n) is 2.80. The van der Waals surface area contributed by atoms with Gasteiger partial charge in [0.25, 0.3) is 0 Å². The normalized spacial score (nSPS) is 25.7. The number of aromatic hydroxyl groups is 1. The monoisotopic (exact) mass is 231 g/mol. The molecule has 1 heterocycles. The largest absolute Gasteiger partial charge is 0.508 e. The molecule has 1 aliphatic rings. The Balaban J connectivity index is 2.20. The molecule has 2 rings (SSSR count). The number of rotatable bonds is 3. The van der Waals surface area contributed by atoms with Gasteiger partial charge < -0.3 is 5.11 Å². The topological polar surface area (TPSA) is 23.5 Å². The molecule has 2 heteroatoms. The summed E-state index contributed by atoms with van der Waals surface area (Å²) in [5.41, 5.74) is 1.39. The molecule has 1 fully saturated rings. The van der Waals surface area contributed by atoms with Crippen molar-refractivity contribution in [2.24, 2.45) is 0 Å². The van der Waals surface area contributed by atoms with Crippen molar-refractivity contribution in [1.82, 2.24) is 4.90 Å². The summed E-state index contributed by atoms with van der Waals surface area (Å²) in [4.78, 5) is 2.43. The van der Waals surface area contributed by atoms with Crippen molar-refractivity contribution in [3.63, 3.8) is 0 Å². The quantitative estimate of drug-likeness (QED) is 0.808. The predicted molar refractivity (Wildman–Crippen MR) is 71.3 cm³/mol. The van der Waals surface area contributed by atoms with Gasteiger partial charge in [0.05, 0.1) is 0 Å². The standard InChI is InChI=1S/C15H21NO/c1-3-9-16-10-5-8-15(2,12-16)13-6-4-7-14(17)11-13/h3-4,6-7,11,17H,1,5,8-10,12H2,2H3/t15-/m1/s1. The van der Waals surface area contributed by atoms with Crippen molar-refractivity contribution in [3.8, 4) is 5.75 Å². The highest BCUT2D eigenvalue weighted by Crippen LogP contribution is 2.34. The van der Waals surface area contributed by atoms with Crippen LogP contribution in [0.5, 0.6) is 5.75 Å². The Kier molecular flexibility index (Phi) is 3.53. The maximum Gasteiger partial charge on any atom is 0.115 e. The number of benzene rings is 1. The average molecular weight is 231 g/mol. The Bertz CT molecular complexity index is 402. The third kappa shape index (κ3) is 2.70. The molecule has 1 aliphatic heterocycles. The molecule has 0 spiro atoms. The van der Waals surface area contributed by atoms with Crippen LogP contribution in [0.2, 0.25) is 0 Å². The van der Waals surface area contributed by atoms with Crippen LogP contribution < -0.4 is 0 Å². The zero-order valence-corrected chi connectivity index (χ0v) is 10.5. The smallest absolute Gasteiger partial charge is 0.115 e. The summed E-state index contributed by atoms with van der Waals surface area (Å²) in [6, 6.07) is 7.69. The van der Waals surface area contributed by atoms with E-state index >= 15 is 0 Å². The van der Waals surface area contributed by atoms with Gasteiger partial charge in [-0.05, 0) is 37.1 Å². The van der Waals surface area contributed by atoms with E-state index < -0.39 is 0 Å². The summed E-state index contributed by atoms with van der Waals surface area (Å²) >= 11 is 0. The van der Waals surface area contributed by atoms with Gasteiger partial charge in [0.2, 0.25) is 0 Å². The number of piperidine rings is 1. The molecule has 1 aromatic carbocycles. The Hall–Kier alpha value is -1.28. The number of phenolic OH excluding ortho intramolecular Hbond substituents is 1. The van der Waals surface area contributed by atoms with Crippen LogP contribution in [-0.2, 0) is 5.41 Å². The summed E-state index contributed by atoms with van der Waals surface area (Å²) in [6.07, 6.45) is 4.36. The van der Waals surface area contributed by atoms with E-state index in [0.29, 0.717) is 5.75 Å². The molecule has 0 aromatic heterocycles. The summed E-state index contributed by atoms with van der Waals surface area (Å²) in [6.45, 7) is 9.25. The summed E-state index contributed by atoms with van der Waals surface area (Å²) in [7, 11) is 0. The SMILES string of the molecule is C=CCN1CCC[C@@](C)(c2cccc(O)c2)C1. The molecule has 92 valence electrons. The highest BCUT2D eigenvalue weighted by atomic mass is 16.3. The van der Waals surface area contributed by atoms with Crippen molar-refractivity contribution < 1.29 is 5.11 Å². The van der Waals surface area contributed by atoms with Crippen LogP contribution >= 0.6 is 0 Å². The lowest BCUT2D eigenvalue weighted by atomic mass is 9.76. The first-order chi connectivity index (χ1) is 8.14. The zero-order chi connectivity index (χ0) is 12.3. The van der Waals surface area contributed by atoms with Gasteiger partial charge in [-0.2, -0.15) is 0 Å². The molecular weight excluding hydrogens is 210 g/mol. The van der Waals surface area contributed by atoms with Crippen LogP contribution in [0, 0.1) is 0 Å². The molecule has 1 N–H and O–H groups in total. The average Bonchev–Trinajstić information content (AvgIpc) is 2.30. The number of hydrogen-bond acceptors (Lipinski definition) is 2. The Morgan fingerprint density at radius 1 is 1.53 bits per heavy atom. The second-order valence-electron chi connectivity index (χ2n) is 5.24. The van der Waals surface area contributed by atoms with E-state index in [1.54, 1.807) is 6.07 Å². The van der Waals surface area contributed by atoms with Crippen LogP contribution in [0.3, 0.4) is 0 Å². The number of nitrogens with zero attached hydrogens (tertiary/aromatic N) is 1. The van der Waals surface area contributed by atoms with Gasteiger partial charge >= 0.3 is 0 Å². The first kappa shape index (κ1) is 12.2. The van der Waals surface area contributed by atoms with Crippen LogP contribution in [0.1, 0.15) is 25.3 Å². The molecule has 0 aliphatic carbocycles. The lowest BCUT2D eigenvalue weighted by molar-refractivity contribution is 0.171. The minimum absolute atomic E-state index is 0.153. The summed E-state index contributed by atoms with van der Waals surface area (Å²) in [5.74, 6) is 0.365. The minimum atomic E-state index is 0.153. The lowest BCUT2D eigenvalue weighted by Crippen LogP contribution is -2.44. The molecule has 0 bridgehead atoms. The van der Waals surface area contributed by atoms with Gasteiger partial charge in [-0.15, -0.1) is 6.58 Å². The zero-order valence-electron chi connectivity index (χ0n) is 10.5. The highest BCUT2D eigenvalue weighted by Gasteiger charge is 2.32. The van der Waals surface area contributed by atoms with Crippen LogP contribution in [0.15, 0.2) is 36.9 Å². The number of hydrogen-bond donors (Lipinski definition) is 1. The van der Waals surface area contributed by atoms with Gasteiger partial charge in [0.15, 0.2) is 0 Å². The molecule has 1 atom stereocenters. The molecule has 0 radical (unpaired) electrons. The van der Waals surface area contributed by atoms with Gasteiger partial charge in [-0.25, -0.2) is 0 Å². The van der Waals surface area contributed by atoms with Gasteiger partial charge in [-0.1, -0.05) is 25.1 Å². The Labute approximate surface area is 104 Å². The molecule has 0 saturated carbocycles. The van der Waals surface area contributed by atoms with Crippen LogP contribution in [0.25, 0.3) is 0 Å². The maximum absolute atomic E-state index is 9.60. The van der Waals surface area contributed by atoms with Crippen molar-refractivity contribution in [2.75, 3.05) is 19.6 Å². The van der Waals surface area contributed by atoms with Crippen molar-refractivity contribution >= 4 is 0 Å². The fourth-order valence-corrected chi connectivity index (χ4v) is 2.80. The third-order valence-corrected chi connectivity index (χ3v) is 3.71. The summed E-state index contributed by atoms with van der Waals surface area (Å²) in [5, 5.41) is 9.60. The first-order valence-corrected chi connectivity index (χ1v) is 6.27. The minimum Gasteiger partial charge on any atom is -0.508 e. The molecular formula is C15H21NO. The van der Waals surface area contributed by atoms with Crippen molar-refractivity contribution in [3.05, 3.63) is 42.5 Å². The molecule has 0 amide bonds. The third-order valence-electron chi connectivity index (χ3n) is 3.71. The molecule has 17 heavy (non-hydrogen) atoms. The molecule has 0 unspecified atom stereocenters. The lowest BCUT2D eigenvalue weighted by Gasteiger charge is -2.40. The number of likely N-dealkylation sites (tertiary alicyclic amines) is 1. The van der Waals surface area contributed by atoms with Crippen LogP contribution in [0.4, 0.5) is 0 Å².